The van der Waals surface area contributed by atoms with Gasteiger partial charge < -0.3 is 4.74 Å². The smallest absolute Gasteiger partial charge is 0.302 e. The second-order valence-electron chi connectivity index (χ2n) is 3.41. The summed E-state index contributed by atoms with van der Waals surface area (Å²) in [5.41, 5.74) is 1.64. The zero-order valence-electron chi connectivity index (χ0n) is 8.28. The third-order valence-electron chi connectivity index (χ3n) is 2.48. The van der Waals surface area contributed by atoms with Crippen LogP contribution in [0.4, 0.5) is 0 Å². The van der Waals surface area contributed by atoms with Crippen LogP contribution in [0.5, 0.6) is 0 Å². The molecule has 0 saturated heterocycles. The van der Waals surface area contributed by atoms with Crippen molar-refractivity contribution in [3.8, 4) is 0 Å². The quantitative estimate of drug-likeness (QED) is 0.297. The van der Waals surface area contributed by atoms with Crippen LogP contribution in [0.1, 0.15) is 26.7 Å². The molecule has 0 radical (unpaired) electrons. The lowest BCUT2D eigenvalue weighted by Gasteiger charge is -2.04. The molecule has 0 aromatic heterocycles. The molecule has 0 amide bonds. The van der Waals surface area contributed by atoms with Crippen LogP contribution in [0.25, 0.3) is 0 Å². The molecule has 0 bridgehead atoms. The maximum Gasteiger partial charge on any atom is 0.302 e. The Hall–Kier alpha value is -1.39. The molecule has 5 heteroatoms. The van der Waals surface area contributed by atoms with Crippen molar-refractivity contribution in [2.24, 2.45) is 0 Å². The number of rotatable bonds is 3. The number of nitrogens with zero attached hydrogens (tertiary/aromatic N) is 1. The van der Waals surface area contributed by atoms with E-state index >= 15 is 0 Å². The van der Waals surface area contributed by atoms with Crippen molar-refractivity contribution in [1.82, 2.24) is 0 Å². The van der Waals surface area contributed by atoms with Crippen LogP contribution < -0.4 is 0 Å². The Morgan fingerprint density at radius 3 is 2.79 bits per heavy atom. The van der Waals surface area contributed by atoms with Crippen LogP contribution in [0.3, 0.4) is 0 Å². The van der Waals surface area contributed by atoms with E-state index in [1.165, 1.54) is 6.92 Å². The van der Waals surface area contributed by atoms with Gasteiger partial charge >= 0.3 is 5.97 Å². The van der Waals surface area contributed by atoms with Gasteiger partial charge in [-0.05, 0) is 18.9 Å². The molecule has 0 N–H and O–H groups in total. The molecule has 0 saturated carbocycles. The molecule has 0 fully saturated rings. The van der Waals surface area contributed by atoms with Gasteiger partial charge in [-0.15, -0.1) is 0 Å². The Balaban J connectivity index is 2.61. The second-order valence-corrected chi connectivity index (χ2v) is 3.41. The summed E-state index contributed by atoms with van der Waals surface area (Å²) in [6.45, 7) is 3.26. The van der Waals surface area contributed by atoms with Crippen molar-refractivity contribution in [3.05, 3.63) is 21.3 Å². The highest BCUT2D eigenvalue weighted by molar-refractivity contribution is 5.66. The van der Waals surface area contributed by atoms with Gasteiger partial charge in [-0.1, -0.05) is 0 Å². The average Bonchev–Trinajstić information content (AvgIpc) is 2.43. The number of hydrogen-bond acceptors (Lipinski definition) is 4. The maximum absolute atomic E-state index is 10.6. The van der Waals surface area contributed by atoms with Crippen LogP contribution in [0, 0.1) is 10.1 Å². The van der Waals surface area contributed by atoms with E-state index in [0.29, 0.717) is 12.8 Å². The molecule has 0 heterocycles. The molecule has 0 aliphatic heterocycles. The van der Waals surface area contributed by atoms with Crippen molar-refractivity contribution in [2.75, 3.05) is 6.61 Å². The molecule has 78 valence electrons. The molecule has 1 aliphatic carbocycles. The molecule has 1 atom stereocenters. The zero-order valence-corrected chi connectivity index (χ0v) is 8.28. The molecule has 1 unspecified atom stereocenters. The molecule has 0 aromatic carbocycles. The number of esters is 1. The third-order valence-corrected chi connectivity index (χ3v) is 2.48. The number of carbonyl (C=O) groups excluding carboxylic acids is 1. The molecule has 1 rings (SSSR count). The van der Waals surface area contributed by atoms with Gasteiger partial charge in [0.15, 0.2) is 0 Å². The summed E-state index contributed by atoms with van der Waals surface area (Å²) in [5.74, 6) is -0.352. The molecular weight excluding hydrogens is 186 g/mol. The first-order valence-corrected chi connectivity index (χ1v) is 4.47. The standard InChI is InChI=1S/C9H13NO4/c1-6-8(5-14-7(2)11)3-4-9(6)10(12)13/h9H,3-5H2,1-2H3. The van der Waals surface area contributed by atoms with Gasteiger partial charge in [0.1, 0.15) is 6.61 Å². The normalized spacial score (nSPS) is 21.1. The van der Waals surface area contributed by atoms with Crippen LogP contribution in [-0.2, 0) is 9.53 Å². The molecule has 14 heavy (non-hydrogen) atoms. The summed E-state index contributed by atoms with van der Waals surface area (Å²) in [7, 11) is 0. The SMILES string of the molecule is CC(=O)OCC1=C(C)C([N+](=O)[O-])CC1. The highest BCUT2D eigenvalue weighted by Gasteiger charge is 2.31. The van der Waals surface area contributed by atoms with Crippen LogP contribution >= 0.6 is 0 Å². The lowest BCUT2D eigenvalue weighted by Crippen LogP contribution is -2.17. The molecule has 1 aliphatic rings. The van der Waals surface area contributed by atoms with Crippen molar-refractivity contribution >= 4 is 5.97 Å². The van der Waals surface area contributed by atoms with Gasteiger partial charge in [-0.2, -0.15) is 0 Å². The number of ether oxygens (including phenoxy) is 1. The van der Waals surface area contributed by atoms with Crippen molar-refractivity contribution < 1.29 is 14.5 Å². The van der Waals surface area contributed by atoms with Gasteiger partial charge in [0, 0.05) is 23.8 Å². The second kappa shape index (κ2) is 4.21. The van der Waals surface area contributed by atoms with E-state index in [1.54, 1.807) is 6.92 Å². The molecule has 0 aromatic rings. The highest BCUT2D eigenvalue weighted by Crippen LogP contribution is 2.28. The lowest BCUT2D eigenvalue weighted by atomic mass is 10.1. The summed E-state index contributed by atoms with van der Waals surface area (Å²) in [6, 6.07) is -0.583. The summed E-state index contributed by atoms with van der Waals surface area (Å²) < 4.78 is 4.80. The third kappa shape index (κ3) is 2.31. The van der Waals surface area contributed by atoms with Gasteiger partial charge in [0.25, 0.3) is 0 Å². The van der Waals surface area contributed by atoms with Crippen LogP contribution in [-0.4, -0.2) is 23.5 Å². The maximum atomic E-state index is 10.6. The van der Waals surface area contributed by atoms with Gasteiger partial charge in [0.2, 0.25) is 6.04 Å². The minimum Gasteiger partial charge on any atom is -0.461 e. The molecule has 0 spiro atoms. The minimum atomic E-state index is -0.583. The Labute approximate surface area is 81.9 Å². The number of carbonyl (C=O) groups is 1. The largest absolute Gasteiger partial charge is 0.461 e. The van der Waals surface area contributed by atoms with Crippen molar-refractivity contribution in [1.29, 1.82) is 0 Å². The highest BCUT2D eigenvalue weighted by atomic mass is 16.6. The van der Waals surface area contributed by atoms with Crippen molar-refractivity contribution in [2.45, 2.75) is 32.7 Å². The summed E-state index contributed by atoms with van der Waals surface area (Å²) >= 11 is 0. The molecular formula is C9H13NO4. The monoisotopic (exact) mass is 199 g/mol. The first-order valence-electron chi connectivity index (χ1n) is 4.47. The lowest BCUT2D eigenvalue weighted by molar-refractivity contribution is -0.511. The van der Waals surface area contributed by atoms with E-state index < -0.39 is 6.04 Å². The fraction of sp³-hybridized carbons (Fsp3) is 0.667. The fourth-order valence-corrected chi connectivity index (χ4v) is 1.60. The Kier molecular flexibility index (Phi) is 3.22. The van der Waals surface area contributed by atoms with E-state index in [4.69, 9.17) is 4.74 Å². The van der Waals surface area contributed by atoms with Crippen molar-refractivity contribution in [3.63, 3.8) is 0 Å². The van der Waals surface area contributed by atoms with Crippen LogP contribution in [0.2, 0.25) is 0 Å². The van der Waals surface area contributed by atoms with Gasteiger partial charge in [0.05, 0.1) is 0 Å². The van der Waals surface area contributed by atoms with E-state index in [0.717, 1.165) is 11.1 Å². The number of hydrogen-bond donors (Lipinski definition) is 0. The van der Waals surface area contributed by atoms with Crippen LogP contribution in [0.15, 0.2) is 11.1 Å². The zero-order chi connectivity index (χ0) is 10.7. The summed E-state index contributed by atoms with van der Waals surface area (Å²) in [6.07, 6.45) is 1.18. The number of nitro groups is 1. The van der Waals surface area contributed by atoms with E-state index in [-0.39, 0.29) is 17.5 Å². The first-order chi connectivity index (χ1) is 6.52. The summed E-state index contributed by atoms with van der Waals surface area (Å²) in [4.78, 5) is 20.8. The predicted octanol–water partition coefficient (Wildman–Crippen LogP) is 1.31. The Morgan fingerprint density at radius 2 is 2.36 bits per heavy atom. The minimum absolute atomic E-state index is 0.200. The Bertz CT molecular complexity index is 295. The van der Waals surface area contributed by atoms with Gasteiger partial charge in [-0.25, -0.2) is 0 Å². The first kappa shape index (κ1) is 10.7. The topological polar surface area (TPSA) is 69.4 Å². The Morgan fingerprint density at radius 1 is 1.71 bits per heavy atom. The average molecular weight is 199 g/mol. The van der Waals surface area contributed by atoms with E-state index in [9.17, 15) is 14.9 Å². The van der Waals surface area contributed by atoms with Gasteiger partial charge in [-0.3, -0.25) is 14.9 Å². The predicted molar refractivity (Wildman–Crippen MR) is 49.3 cm³/mol. The molecule has 5 nitrogen and oxygen atoms in total. The fourth-order valence-electron chi connectivity index (χ4n) is 1.60. The summed E-state index contributed by atoms with van der Waals surface area (Å²) in [5, 5.41) is 10.6. The van der Waals surface area contributed by atoms with E-state index in [2.05, 4.69) is 0 Å². The van der Waals surface area contributed by atoms with E-state index in [1.807, 2.05) is 0 Å².